The van der Waals surface area contributed by atoms with Crippen LogP contribution in [-0.2, 0) is 6.42 Å². The van der Waals surface area contributed by atoms with Crippen LogP contribution >= 0.6 is 0 Å². The van der Waals surface area contributed by atoms with Crippen molar-refractivity contribution in [2.75, 3.05) is 13.1 Å². The van der Waals surface area contributed by atoms with Crippen LogP contribution in [0.15, 0.2) is 37.1 Å². The van der Waals surface area contributed by atoms with Gasteiger partial charge in [-0.15, -0.1) is 6.58 Å². The molecule has 0 aliphatic heterocycles. The molecule has 0 aromatic carbocycles. The summed E-state index contributed by atoms with van der Waals surface area (Å²) in [6.45, 7) is 4.57. The quantitative estimate of drug-likeness (QED) is 0.707. The Bertz CT molecular complexity index is 311. The maximum atomic E-state index is 11.1. The van der Waals surface area contributed by atoms with Gasteiger partial charge in [0.05, 0.1) is 0 Å². The monoisotopic (exact) mass is 205 g/mol. The van der Waals surface area contributed by atoms with E-state index >= 15 is 0 Å². The number of pyridine rings is 1. The van der Waals surface area contributed by atoms with E-state index in [1.165, 1.54) is 0 Å². The van der Waals surface area contributed by atoms with Crippen LogP contribution in [0.25, 0.3) is 0 Å². The highest BCUT2D eigenvalue weighted by atomic mass is 16.2. The van der Waals surface area contributed by atoms with E-state index in [2.05, 4.69) is 22.2 Å². The molecular formula is C11H15N3O. The topological polar surface area (TPSA) is 54.0 Å². The van der Waals surface area contributed by atoms with E-state index in [-0.39, 0.29) is 6.03 Å². The van der Waals surface area contributed by atoms with Gasteiger partial charge in [-0.25, -0.2) is 4.79 Å². The van der Waals surface area contributed by atoms with Crippen LogP contribution in [0.2, 0.25) is 0 Å². The van der Waals surface area contributed by atoms with Crippen molar-refractivity contribution in [3.8, 4) is 0 Å². The van der Waals surface area contributed by atoms with Gasteiger partial charge >= 0.3 is 6.03 Å². The van der Waals surface area contributed by atoms with Gasteiger partial charge in [-0.2, -0.15) is 0 Å². The zero-order chi connectivity index (χ0) is 10.9. The standard InChI is InChI=1S/C11H15N3O/c1-2-7-13-11(15)14-9-6-10-5-3-4-8-12-10/h2-5,8H,1,6-7,9H2,(H2,13,14,15). The van der Waals surface area contributed by atoms with Gasteiger partial charge in [0, 0.05) is 31.4 Å². The number of nitrogens with one attached hydrogen (secondary N) is 2. The molecule has 4 heteroatoms. The third-order valence-electron chi connectivity index (χ3n) is 1.80. The number of rotatable bonds is 5. The molecule has 2 N–H and O–H groups in total. The second-order valence-corrected chi connectivity index (χ2v) is 3.00. The molecule has 15 heavy (non-hydrogen) atoms. The van der Waals surface area contributed by atoms with Gasteiger partial charge in [0.15, 0.2) is 0 Å². The molecule has 1 rings (SSSR count). The number of nitrogens with zero attached hydrogens (tertiary/aromatic N) is 1. The fourth-order valence-electron chi connectivity index (χ4n) is 1.08. The van der Waals surface area contributed by atoms with Crippen molar-refractivity contribution in [1.29, 1.82) is 0 Å². The summed E-state index contributed by atoms with van der Waals surface area (Å²) in [6.07, 6.45) is 4.12. The first-order chi connectivity index (χ1) is 7.33. The number of amides is 2. The van der Waals surface area contributed by atoms with Crippen molar-refractivity contribution in [1.82, 2.24) is 15.6 Å². The van der Waals surface area contributed by atoms with Gasteiger partial charge < -0.3 is 10.6 Å². The fourth-order valence-corrected chi connectivity index (χ4v) is 1.08. The normalized spacial score (nSPS) is 9.33. The Kier molecular flexibility index (Phi) is 4.94. The van der Waals surface area contributed by atoms with Crippen molar-refractivity contribution in [2.24, 2.45) is 0 Å². The minimum atomic E-state index is -0.175. The van der Waals surface area contributed by atoms with Crippen molar-refractivity contribution in [3.05, 3.63) is 42.7 Å². The Labute approximate surface area is 89.4 Å². The summed E-state index contributed by atoms with van der Waals surface area (Å²) < 4.78 is 0. The zero-order valence-electron chi connectivity index (χ0n) is 8.57. The van der Waals surface area contributed by atoms with Crippen LogP contribution in [0, 0.1) is 0 Å². The fraction of sp³-hybridized carbons (Fsp3) is 0.273. The first-order valence-electron chi connectivity index (χ1n) is 4.85. The molecule has 0 radical (unpaired) electrons. The molecule has 2 amide bonds. The molecule has 0 unspecified atom stereocenters. The number of hydrogen-bond acceptors (Lipinski definition) is 2. The van der Waals surface area contributed by atoms with Crippen molar-refractivity contribution < 1.29 is 4.79 Å². The van der Waals surface area contributed by atoms with E-state index in [1.807, 2.05) is 18.2 Å². The molecule has 1 aromatic rings. The van der Waals surface area contributed by atoms with Crippen molar-refractivity contribution in [3.63, 3.8) is 0 Å². The first-order valence-corrected chi connectivity index (χ1v) is 4.85. The molecule has 0 spiro atoms. The molecule has 1 heterocycles. The van der Waals surface area contributed by atoms with Gasteiger partial charge in [0.1, 0.15) is 0 Å². The van der Waals surface area contributed by atoms with Crippen LogP contribution in [0.3, 0.4) is 0 Å². The Morgan fingerprint density at radius 3 is 3.00 bits per heavy atom. The number of hydrogen-bond donors (Lipinski definition) is 2. The molecule has 0 aliphatic rings. The van der Waals surface area contributed by atoms with Crippen LogP contribution in [0.1, 0.15) is 5.69 Å². The highest BCUT2D eigenvalue weighted by molar-refractivity contribution is 5.73. The molecule has 0 bridgehead atoms. The molecule has 0 saturated heterocycles. The summed E-state index contributed by atoms with van der Waals surface area (Å²) in [5, 5.41) is 5.36. The maximum absolute atomic E-state index is 11.1. The average Bonchev–Trinajstić information content (AvgIpc) is 2.28. The van der Waals surface area contributed by atoms with Crippen molar-refractivity contribution in [2.45, 2.75) is 6.42 Å². The van der Waals surface area contributed by atoms with Gasteiger partial charge in [-0.3, -0.25) is 4.98 Å². The Hall–Kier alpha value is -1.84. The van der Waals surface area contributed by atoms with E-state index < -0.39 is 0 Å². The second kappa shape index (κ2) is 6.59. The SMILES string of the molecule is C=CCNC(=O)NCCc1ccccn1. The predicted molar refractivity (Wildman–Crippen MR) is 59.5 cm³/mol. The summed E-state index contributed by atoms with van der Waals surface area (Å²) in [6, 6.07) is 5.56. The number of urea groups is 1. The number of carbonyl (C=O) groups excluding carboxylic acids is 1. The summed E-state index contributed by atoms with van der Waals surface area (Å²) in [5.74, 6) is 0. The lowest BCUT2D eigenvalue weighted by molar-refractivity contribution is 0.242. The van der Waals surface area contributed by atoms with Crippen LogP contribution < -0.4 is 10.6 Å². The van der Waals surface area contributed by atoms with E-state index in [1.54, 1.807) is 12.3 Å². The lowest BCUT2D eigenvalue weighted by atomic mass is 10.3. The Balaban J connectivity index is 2.16. The van der Waals surface area contributed by atoms with Crippen LogP contribution in [0.4, 0.5) is 4.79 Å². The van der Waals surface area contributed by atoms with E-state index in [0.717, 1.165) is 12.1 Å². The van der Waals surface area contributed by atoms with Gasteiger partial charge in [-0.05, 0) is 12.1 Å². The molecule has 1 aromatic heterocycles. The van der Waals surface area contributed by atoms with E-state index in [9.17, 15) is 4.79 Å². The molecule has 4 nitrogen and oxygen atoms in total. The second-order valence-electron chi connectivity index (χ2n) is 3.00. The lowest BCUT2D eigenvalue weighted by Gasteiger charge is -2.05. The molecular weight excluding hydrogens is 190 g/mol. The highest BCUT2D eigenvalue weighted by Crippen LogP contribution is 1.92. The zero-order valence-corrected chi connectivity index (χ0v) is 8.57. The average molecular weight is 205 g/mol. The number of carbonyl (C=O) groups is 1. The third-order valence-corrected chi connectivity index (χ3v) is 1.80. The van der Waals surface area contributed by atoms with E-state index in [4.69, 9.17) is 0 Å². The molecule has 0 aliphatic carbocycles. The predicted octanol–water partition coefficient (Wildman–Crippen LogP) is 1.11. The molecule has 0 saturated carbocycles. The minimum Gasteiger partial charge on any atom is -0.338 e. The highest BCUT2D eigenvalue weighted by Gasteiger charge is 1.97. The minimum absolute atomic E-state index is 0.175. The van der Waals surface area contributed by atoms with Gasteiger partial charge in [0.2, 0.25) is 0 Å². The maximum Gasteiger partial charge on any atom is 0.315 e. The summed E-state index contributed by atoms with van der Waals surface area (Å²) in [7, 11) is 0. The summed E-state index contributed by atoms with van der Waals surface area (Å²) in [4.78, 5) is 15.3. The summed E-state index contributed by atoms with van der Waals surface area (Å²) >= 11 is 0. The number of aromatic nitrogens is 1. The Morgan fingerprint density at radius 2 is 2.33 bits per heavy atom. The molecule has 0 atom stereocenters. The summed E-state index contributed by atoms with van der Waals surface area (Å²) in [5.41, 5.74) is 0.974. The first kappa shape index (κ1) is 11.2. The van der Waals surface area contributed by atoms with Gasteiger partial charge in [-0.1, -0.05) is 12.1 Å². The van der Waals surface area contributed by atoms with Gasteiger partial charge in [0.25, 0.3) is 0 Å². The van der Waals surface area contributed by atoms with Crippen LogP contribution in [-0.4, -0.2) is 24.1 Å². The smallest absolute Gasteiger partial charge is 0.315 e. The van der Waals surface area contributed by atoms with Crippen LogP contribution in [0.5, 0.6) is 0 Å². The lowest BCUT2D eigenvalue weighted by Crippen LogP contribution is -2.36. The van der Waals surface area contributed by atoms with E-state index in [0.29, 0.717) is 13.1 Å². The van der Waals surface area contributed by atoms with Crippen molar-refractivity contribution >= 4 is 6.03 Å². The largest absolute Gasteiger partial charge is 0.338 e. The Morgan fingerprint density at radius 1 is 1.47 bits per heavy atom. The molecule has 0 fully saturated rings. The third kappa shape index (κ3) is 4.81. The molecule has 80 valence electrons.